The van der Waals surface area contributed by atoms with E-state index < -0.39 is 30.7 Å². The van der Waals surface area contributed by atoms with Crippen LogP contribution >= 0.6 is 0 Å². The molecule has 6 heteroatoms. The lowest BCUT2D eigenvalue weighted by molar-refractivity contribution is -0.325. The highest BCUT2D eigenvalue weighted by Gasteiger charge is 2.49. The Balaban J connectivity index is 1.63. The Morgan fingerprint density at radius 2 is 1.02 bits per heavy atom. The first kappa shape index (κ1) is 30.5. The standard InChI is InChI=1S/C35H38O6/c1-3-5-22-36-27-31-32(38-24-28-16-10-7-11-17-28)33(39-25-29-18-12-8-13-19-29)34(35(41-31)37-23-6-4-2)40-26-30-20-14-9-15-21-30/h7-21,31-35H,22-27H2,1-2H3/t31-,32-,33+,34-,35?/m1/s1. The second-order valence-electron chi connectivity index (χ2n) is 9.51. The topological polar surface area (TPSA) is 55.4 Å². The van der Waals surface area contributed by atoms with E-state index in [1.165, 1.54) is 0 Å². The SMILES string of the molecule is CC#CCOC[C@H]1OC(OCC#CC)[C@H](OCc2ccccc2)[C@@H](OCc2ccccc2)[C@@H]1OCc1ccccc1. The molecule has 0 aliphatic carbocycles. The van der Waals surface area contributed by atoms with Crippen molar-refractivity contribution in [3.8, 4) is 23.7 Å². The van der Waals surface area contributed by atoms with Gasteiger partial charge in [-0.2, -0.15) is 0 Å². The predicted octanol–water partition coefficient (Wildman–Crippen LogP) is 5.55. The van der Waals surface area contributed by atoms with Crippen molar-refractivity contribution in [2.24, 2.45) is 0 Å². The molecular formula is C35H38O6. The van der Waals surface area contributed by atoms with Gasteiger partial charge in [0.2, 0.25) is 0 Å². The van der Waals surface area contributed by atoms with E-state index in [9.17, 15) is 0 Å². The average Bonchev–Trinajstić information content (AvgIpc) is 3.02. The molecule has 0 radical (unpaired) electrons. The summed E-state index contributed by atoms with van der Waals surface area (Å²) in [5.74, 6) is 11.6. The van der Waals surface area contributed by atoms with Crippen molar-refractivity contribution < 1.29 is 28.4 Å². The summed E-state index contributed by atoms with van der Waals surface area (Å²) >= 11 is 0. The molecule has 3 aromatic carbocycles. The largest absolute Gasteiger partial charge is 0.368 e. The Morgan fingerprint density at radius 1 is 0.561 bits per heavy atom. The van der Waals surface area contributed by atoms with Crippen molar-refractivity contribution in [3.63, 3.8) is 0 Å². The van der Waals surface area contributed by atoms with Crippen molar-refractivity contribution in [1.29, 1.82) is 0 Å². The van der Waals surface area contributed by atoms with E-state index >= 15 is 0 Å². The van der Waals surface area contributed by atoms with Crippen LogP contribution < -0.4 is 0 Å². The van der Waals surface area contributed by atoms with Crippen molar-refractivity contribution >= 4 is 0 Å². The molecule has 0 spiro atoms. The van der Waals surface area contributed by atoms with Crippen LogP contribution in [0.1, 0.15) is 30.5 Å². The number of benzene rings is 3. The Morgan fingerprint density at radius 3 is 1.54 bits per heavy atom. The lowest BCUT2D eigenvalue weighted by Crippen LogP contribution is -2.61. The summed E-state index contributed by atoms with van der Waals surface area (Å²) in [5.41, 5.74) is 3.12. The molecule has 1 aliphatic heterocycles. The van der Waals surface area contributed by atoms with Crippen molar-refractivity contribution in [1.82, 2.24) is 0 Å². The van der Waals surface area contributed by atoms with Crippen LogP contribution in [-0.2, 0) is 48.2 Å². The highest BCUT2D eigenvalue weighted by atomic mass is 16.7. The summed E-state index contributed by atoms with van der Waals surface area (Å²) in [7, 11) is 0. The van der Waals surface area contributed by atoms with Crippen molar-refractivity contribution in [2.45, 2.75) is 64.4 Å². The fourth-order valence-corrected chi connectivity index (χ4v) is 4.51. The van der Waals surface area contributed by atoms with Crippen LogP contribution in [0.4, 0.5) is 0 Å². The maximum atomic E-state index is 6.64. The van der Waals surface area contributed by atoms with E-state index in [4.69, 9.17) is 28.4 Å². The van der Waals surface area contributed by atoms with Crippen LogP contribution in [0, 0.1) is 23.7 Å². The van der Waals surface area contributed by atoms with Gasteiger partial charge in [0.1, 0.15) is 37.6 Å². The van der Waals surface area contributed by atoms with E-state index in [1.807, 2.05) is 91.0 Å². The third-order valence-electron chi connectivity index (χ3n) is 6.58. The number of hydrogen-bond donors (Lipinski definition) is 0. The zero-order chi connectivity index (χ0) is 28.5. The van der Waals surface area contributed by atoms with Crippen molar-refractivity contribution in [2.75, 3.05) is 19.8 Å². The average molecular weight is 555 g/mol. The zero-order valence-electron chi connectivity index (χ0n) is 23.7. The molecule has 0 saturated carbocycles. The van der Waals surface area contributed by atoms with Gasteiger partial charge in [-0.05, 0) is 30.5 Å². The molecule has 1 fully saturated rings. The second-order valence-corrected chi connectivity index (χ2v) is 9.51. The fraction of sp³-hybridized carbons (Fsp3) is 0.371. The molecule has 1 unspecified atom stereocenters. The summed E-state index contributed by atoms with van der Waals surface area (Å²) in [4.78, 5) is 0. The summed E-state index contributed by atoms with van der Waals surface area (Å²) in [6.07, 6.45) is -2.87. The molecule has 0 bridgehead atoms. The predicted molar refractivity (Wildman–Crippen MR) is 157 cm³/mol. The number of ether oxygens (including phenoxy) is 6. The van der Waals surface area contributed by atoms with Crippen LogP contribution in [0.3, 0.4) is 0 Å². The minimum absolute atomic E-state index is 0.197. The summed E-state index contributed by atoms with van der Waals surface area (Å²) < 4.78 is 38.2. The molecule has 41 heavy (non-hydrogen) atoms. The number of rotatable bonds is 14. The second kappa shape index (κ2) is 17.4. The van der Waals surface area contributed by atoms with Gasteiger partial charge in [-0.15, -0.1) is 11.8 Å². The fourth-order valence-electron chi connectivity index (χ4n) is 4.51. The van der Waals surface area contributed by atoms with E-state index in [-0.39, 0.29) is 19.8 Å². The summed E-state index contributed by atoms with van der Waals surface area (Å²) in [5, 5.41) is 0. The monoisotopic (exact) mass is 554 g/mol. The maximum absolute atomic E-state index is 6.64. The highest BCUT2D eigenvalue weighted by Crippen LogP contribution is 2.31. The molecule has 1 aliphatic rings. The van der Waals surface area contributed by atoms with Gasteiger partial charge in [-0.25, -0.2) is 0 Å². The Hall–Kier alpha value is -3.46. The Kier molecular flexibility index (Phi) is 12.9. The first-order valence-electron chi connectivity index (χ1n) is 13.9. The van der Waals surface area contributed by atoms with E-state index in [0.29, 0.717) is 19.8 Å². The minimum Gasteiger partial charge on any atom is -0.368 e. The molecule has 1 heterocycles. The van der Waals surface area contributed by atoms with Crippen LogP contribution in [0.25, 0.3) is 0 Å². The minimum atomic E-state index is -0.747. The van der Waals surface area contributed by atoms with Crippen LogP contribution in [0.15, 0.2) is 91.0 Å². The van der Waals surface area contributed by atoms with Gasteiger partial charge >= 0.3 is 0 Å². The molecular weight excluding hydrogens is 516 g/mol. The van der Waals surface area contributed by atoms with Gasteiger partial charge in [0.15, 0.2) is 6.29 Å². The normalized spacial score (nSPS) is 21.8. The van der Waals surface area contributed by atoms with Gasteiger partial charge in [0.25, 0.3) is 0 Å². The van der Waals surface area contributed by atoms with Crippen molar-refractivity contribution in [3.05, 3.63) is 108 Å². The Bertz CT molecular complexity index is 1260. The van der Waals surface area contributed by atoms with Crippen LogP contribution in [0.5, 0.6) is 0 Å². The van der Waals surface area contributed by atoms with Gasteiger partial charge < -0.3 is 28.4 Å². The van der Waals surface area contributed by atoms with Crippen LogP contribution in [-0.4, -0.2) is 50.5 Å². The maximum Gasteiger partial charge on any atom is 0.188 e. The first-order chi connectivity index (χ1) is 20.3. The van der Waals surface area contributed by atoms with Crippen LogP contribution in [0.2, 0.25) is 0 Å². The molecule has 214 valence electrons. The third kappa shape index (κ3) is 9.85. The molecule has 0 N–H and O–H groups in total. The van der Waals surface area contributed by atoms with E-state index in [0.717, 1.165) is 16.7 Å². The molecule has 5 atom stereocenters. The third-order valence-corrected chi connectivity index (χ3v) is 6.58. The zero-order valence-corrected chi connectivity index (χ0v) is 23.7. The van der Waals surface area contributed by atoms with E-state index in [1.54, 1.807) is 13.8 Å². The van der Waals surface area contributed by atoms with Gasteiger partial charge in [0, 0.05) is 0 Å². The lowest BCUT2D eigenvalue weighted by Gasteiger charge is -2.45. The quantitative estimate of drug-likeness (QED) is 0.193. The number of hydrogen-bond acceptors (Lipinski definition) is 6. The molecule has 4 rings (SSSR count). The van der Waals surface area contributed by atoms with E-state index in [2.05, 4.69) is 23.7 Å². The smallest absolute Gasteiger partial charge is 0.188 e. The lowest BCUT2D eigenvalue weighted by atomic mass is 9.97. The van der Waals surface area contributed by atoms with Gasteiger partial charge in [-0.3, -0.25) is 0 Å². The Labute approximate surface area is 243 Å². The first-order valence-corrected chi connectivity index (χ1v) is 13.9. The summed E-state index contributed by atoms with van der Waals surface area (Å²) in [6.45, 7) is 5.41. The highest BCUT2D eigenvalue weighted by molar-refractivity contribution is 5.16. The van der Waals surface area contributed by atoms with Gasteiger partial charge in [0.05, 0.1) is 26.4 Å². The molecule has 3 aromatic rings. The molecule has 0 aromatic heterocycles. The molecule has 0 amide bonds. The summed E-state index contributed by atoms with van der Waals surface area (Å²) in [6, 6.07) is 30.1. The van der Waals surface area contributed by atoms with Gasteiger partial charge in [-0.1, -0.05) is 103 Å². The molecule has 1 saturated heterocycles. The molecule has 6 nitrogen and oxygen atoms in total.